The summed E-state index contributed by atoms with van der Waals surface area (Å²) < 4.78 is 12.0. The summed E-state index contributed by atoms with van der Waals surface area (Å²) in [6, 6.07) is 20.8. The Bertz CT molecular complexity index is 715. The number of carbonyl (C=O) groups is 1. The smallest absolute Gasteiger partial charge is 0.308 e. The van der Waals surface area contributed by atoms with E-state index >= 15 is 0 Å². The minimum absolute atomic E-state index is 0.0733. The Balaban J connectivity index is 1.93. The number of hydrogen-bond donors (Lipinski definition) is 1. The van der Waals surface area contributed by atoms with Crippen molar-refractivity contribution in [1.82, 2.24) is 0 Å². The molecule has 144 valence electrons. The minimum Gasteiger partial charge on any atom is -0.459 e. The first kappa shape index (κ1) is 19.8. The quantitative estimate of drug-likeness (QED) is 0.614. The van der Waals surface area contributed by atoms with E-state index in [1.165, 1.54) is 10.4 Å². The Kier molecular flexibility index (Phi) is 5.84. The maximum absolute atomic E-state index is 11.4. The van der Waals surface area contributed by atoms with Crippen LogP contribution in [0.3, 0.4) is 0 Å². The number of rotatable bonds is 6. The van der Waals surface area contributed by atoms with Gasteiger partial charge >= 0.3 is 5.97 Å². The standard InChI is InChI=1S/C22H28O4Si/c1-22(2,3)27(17-10-6-4-7-11-17,18-12-8-5-9-13-18)25-15-14-20-19(23)16-21(24)26-20/h4-13,19-20,23H,14-16H2,1-3H3/t19-,20-/m0/s1. The monoisotopic (exact) mass is 384 g/mol. The maximum atomic E-state index is 11.4. The van der Waals surface area contributed by atoms with E-state index in [-0.39, 0.29) is 17.4 Å². The molecular formula is C22H28O4Si. The van der Waals surface area contributed by atoms with Gasteiger partial charge in [0.15, 0.2) is 0 Å². The van der Waals surface area contributed by atoms with Crippen LogP contribution in [0.5, 0.6) is 0 Å². The second kappa shape index (κ2) is 7.96. The molecule has 2 atom stereocenters. The number of esters is 1. The molecule has 0 bridgehead atoms. The van der Waals surface area contributed by atoms with Gasteiger partial charge in [-0.15, -0.1) is 0 Å². The van der Waals surface area contributed by atoms with Crippen LogP contribution in [0.4, 0.5) is 0 Å². The van der Waals surface area contributed by atoms with Gasteiger partial charge in [-0.25, -0.2) is 0 Å². The molecule has 27 heavy (non-hydrogen) atoms. The molecule has 0 radical (unpaired) electrons. The number of carbonyl (C=O) groups excluding carboxylic acids is 1. The van der Waals surface area contributed by atoms with E-state index in [2.05, 4.69) is 69.3 Å². The SMILES string of the molecule is CC(C)(C)[Si](OCC[C@@H]1OC(=O)C[C@@H]1O)(c1ccccc1)c1ccccc1. The predicted molar refractivity (Wildman–Crippen MR) is 109 cm³/mol. The fourth-order valence-electron chi connectivity index (χ4n) is 3.94. The number of aliphatic hydroxyl groups is 1. The van der Waals surface area contributed by atoms with Crippen LogP contribution >= 0.6 is 0 Å². The fourth-order valence-corrected chi connectivity index (χ4v) is 8.52. The highest BCUT2D eigenvalue weighted by Gasteiger charge is 2.50. The molecule has 0 saturated carbocycles. The molecule has 1 aliphatic rings. The van der Waals surface area contributed by atoms with Gasteiger partial charge in [0.1, 0.15) is 12.2 Å². The summed E-state index contributed by atoms with van der Waals surface area (Å²) in [4.78, 5) is 11.4. The molecule has 2 aromatic rings. The zero-order valence-electron chi connectivity index (χ0n) is 16.2. The van der Waals surface area contributed by atoms with Crippen molar-refractivity contribution in [2.45, 2.75) is 50.9 Å². The summed E-state index contributed by atoms with van der Waals surface area (Å²) in [5.74, 6) is -0.335. The second-order valence-electron chi connectivity index (χ2n) is 8.10. The lowest BCUT2D eigenvalue weighted by molar-refractivity contribution is -0.142. The molecule has 0 unspecified atom stereocenters. The fraction of sp³-hybridized carbons (Fsp3) is 0.409. The van der Waals surface area contributed by atoms with Crippen LogP contribution in [-0.2, 0) is 14.0 Å². The third-order valence-corrected chi connectivity index (χ3v) is 10.3. The van der Waals surface area contributed by atoms with Gasteiger partial charge in [0.25, 0.3) is 8.32 Å². The van der Waals surface area contributed by atoms with E-state index in [9.17, 15) is 9.90 Å². The molecule has 0 aliphatic carbocycles. The zero-order chi connectivity index (χ0) is 19.5. The third kappa shape index (κ3) is 4.00. The van der Waals surface area contributed by atoms with E-state index in [0.717, 1.165) is 0 Å². The largest absolute Gasteiger partial charge is 0.459 e. The van der Waals surface area contributed by atoms with Crippen LogP contribution < -0.4 is 10.4 Å². The summed E-state index contributed by atoms with van der Waals surface area (Å²) in [7, 11) is -2.58. The van der Waals surface area contributed by atoms with Gasteiger partial charge in [-0.05, 0) is 15.4 Å². The number of hydrogen-bond acceptors (Lipinski definition) is 4. The van der Waals surface area contributed by atoms with Crippen LogP contribution in [0.15, 0.2) is 60.7 Å². The molecule has 4 nitrogen and oxygen atoms in total. The van der Waals surface area contributed by atoms with E-state index in [1.807, 2.05) is 12.1 Å². The topological polar surface area (TPSA) is 55.8 Å². The second-order valence-corrected chi connectivity index (χ2v) is 12.4. The number of cyclic esters (lactones) is 1. The lowest BCUT2D eigenvalue weighted by atomic mass is 10.1. The van der Waals surface area contributed by atoms with Crippen molar-refractivity contribution >= 4 is 24.7 Å². The van der Waals surface area contributed by atoms with Crippen molar-refractivity contribution in [2.24, 2.45) is 0 Å². The van der Waals surface area contributed by atoms with Gasteiger partial charge < -0.3 is 14.3 Å². The van der Waals surface area contributed by atoms with Crippen molar-refractivity contribution in [2.75, 3.05) is 6.61 Å². The molecule has 1 N–H and O–H groups in total. The molecule has 1 fully saturated rings. The third-order valence-electron chi connectivity index (χ3n) is 5.23. The van der Waals surface area contributed by atoms with Crippen LogP contribution in [0.1, 0.15) is 33.6 Å². The van der Waals surface area contributed by atoms with Crippen molar-refractivity contribution < 1.29 is 19.1 Å². The average Bonchev–Trinajstić information content (AvgIpc) is 2.96. The van der Waals surface area contributed by atoms with Crippen molar-refractivity contribution in [3.8, 4) is 0 Å². The molecule has 3 rings (SSSR count). The van der Waals surface area contributed by atoms with Crippen LogP contribution in [-0.4, -0.2) is 38.2 Å². The molecule has 1 saturated heterocycles. The van der Waals surface area contributed by atoms with Crippen LogP contribution in [0.2, 0.25) is 5.04 Å². The van der Waals surface area contributed by atoms with Crippen LogP contribution in [0.25, 0.3) is 0 Å². The molecule has 0 spiro atoms. The zero-order valence-corrected chi connectivity index (χ0v) is 17.2. The lowest BCUT2D eigenvalue weighted by Gasteiger charge is -2.43. The molecule has 1 aliphatic heterocycles. The Morgan fingerprint density at radius 3 is 1.96 bits per heavy atom. The van der Waals surface area contributed by atoms with Gasteiger partial charge in [0, 0.05) is 13.0 Å². The number of ether oxygens (including phenoxy) is 1. The summed E-state index contributed by atoms with van der Waals surface area (Å²) in [5, 5.41) is 12.3. The lowest BCUT2D eigenvalue weighted by Crippen LogP contribution is -2.66. The minimum atomic E-state index is -2.58. The number of aliphatic hydroxyl groups excluding tert-OH is 1. The highest BCUT2D eigenvalue weighted by atomic mass is 28.4. The van der Waals surface area contributed by atoms with Crippen LogP contribution in [0, 0.1) is 0 Å². The molecule has 1 heterocycles. The molecule has 2 aromatic carbocycles. The average molecular weight is 385 g/mol. The van der Waals surface area contributed by atoms with E-state index < -0.39 is 20.5 Å². The van der Waals surface area contributed by atoms with E-state index in [0.29, 0.717) is 13.0 Å². The Morgan fingerprint density at radius 2 is 1.56 bits per heavy atom. The highest BCUT2D eigenvalue weighted by molar-refractivity contribution is 6.99. The maximum Gasteiger partial charge on any atom is 0.308 e. The summed E-state index contributed by atoms with van der Waals surface area (Å²) in [6.45, 7) is 7.11. The van der Waals surface area contributed by atoms with E-state index in [1.54, 1.807) is 0 Å². The normalized spacial score (nSPS) is 20.5. The predicted octanol–water partition coefficient (Wildman–Crippen LogP) is 2.63. The van der Waals surface area contributed by atoms with Gasteiger partial charge in [0.05, 0.1) is 6.42 Å². The van der Waals surface area contributed by atoms with Gasteiger partial charge in [-0.1, -0.05) is 81.4 Å². The van der Waals surface area contributed by atoms with Crippen molar-refractivity contribution in [1.29, 1.82) is 0 Å². The van der Waals surface area contributed by atoms with Crippen molar-refractivity contribution in [3.05, 3.63) is 60.7 Å². The molecule has 0 aromatic heterocycles. The first-order chi connectivity index (χ1) is 12.8. The van der Waals surface area contributed by atoms with Crippen molar-refractivity contribution in [3.63, 3.8) is 0 Å². The Labute approximate surface area is 162 Å². The Morgan fingerprint density at radius 1 is 1.04 bits per heavy atom. The first-order valence-electron chi connectivity index (χ1n) is 9.47. The molecule has 0 amide bonds. The van der Waals surface area contributed by atoms with Gasteiger partial charge in [-0.3, -0.25) is 4.79 Å². The van der Waals surface area contributed by atoms with E-state index in [4.69, 9.17) is 9.16 Å². The van der Waals surface area contributed by atoms with Gasteiger partial charge in [0.2, 0.25) is 0 Å². The number of benzene rings is 2. The summed E-state index contributed by atoms with van der Waals surface area (Å²) >= 11 is 0. The molecule has 5 heteroatoms. The van der Waals surface area contributed by atoms with Gasteiger partial charge in [-0.2, -0.15) is 0 Å². The first-order valence-corrected chi connectivity index (χ1v) is 11.4. The summed E-state index contributed by atoms with van der Waals surface area (Å²) in [6.07, 6.45) is -0.641. The highest BCUT2D eigenvalue weighted by Crippen LogP contribution is 2.37. The summed E-state index contributed by atoms with van der Waals surface area (Å²) in [5.41, 5.74) is 0. The Hall–Kier alpha value is -1.95. The molecular weight excluding hydrogens is 356 g/mol.